The van der Waals surface area contributed by atoms with Gasteiger partial charge in [0.05, 0.1) is 0 Å². The molecular weight excluding hydrogens is 219 g/mol. The molecule has 2 heterocycles. The molecule has 3 nitrogen and oxygen atoms in total. The van der Waals surface area contributed by atoms with Crippen molar-refractivity contribution in [3.05, 3.63) is 18.0 Å². The van der Waals surface area contributed by atoms with Crippen molar-refractivity contribution < 1.29 is 13.2 Å². The van der Waals surface area contributed by atoms with Crippen molar-refractivity contribution in [2.45, 2.75) is 25.6 Å². The monoisotopic (exact) mass is 233 g/mol. The first-order valence-corrected chi connectivity index (χ1v) is 5.37. The molecule has 1 aliphatic rings. The van der Waals surface area contributed by atoms with Crippen LogP contribution < -0.4 is 5.32 Å². The molecule has 0 aliphatic carbocycles. The van der Waals surface area contributed by atoms with Gasteiger partial charge in [0, 0.05) is 12.7 Å². The van der Waals surface area contributed by atoms with E-state index in [1.807, 2.05) is 0 Å². The Morgan fingerprint density at radius 1 is 1.50 bits per heavy atom. The molecule has 0 radical (unpaired) electrons. The smallest absolute Gasteiger partial charge is 0.316 e. The van der Waals surface area contributed by atoms with Gasteiger partial charge in [-0.3, -0.25) is 4.68 Å². The molecule has 0 spiro atoms. The largest absolute Gasteiger partial charge is 0.435 e. The summed E-state index contributed by atoms with van der Waals surface area (Å²) < 4.78 is 38.3. The van der Waals surface area contributed by atoms with Crippen molar-refractivity contribution in [3.63, 3.8) is 0 Å². The van der Waals surface area contributed by atoms with Crippen LogP contribution in [0.25, 0.3) is 0 Å². The van der Waals surface area contributed by atoms with Crippen molar-refractivity contribution in [3.8, 4) is 0 Å². The van der Waals surface area contributed by atoms with E-state index in [4.69, 9.17) is 0 Å². The summed E-state index contributed by atoms with van der Waals surface area (Å²) in [5.74, 6) is 0.384. The van der Waals surface area contributed by atoms with Gasteiger partial charge in [-0.1, -0.05) is 0 Å². The lowest BCUT2D eigenvalue weighted by atomic mass is 10.00. The number of rotatable bonds is 2. The van der Waals surface area contributed by atoms with Crippen molar-refractivity contribution in [1.82, 2.24) is 15.1 Å². The van der Waals surface area contributed by atoms with Crippen LogP contribution in [-0.4, -0.2) is 22.9 Å². The Hall–Kier alpha value is -1.04. The molecule has 1 unspecified atom stereocenters. The minimum Gasteiger partial charge on any atom is -0.316 e. The summed E-state index contributed by atoms with van der Waals surface area (Å²) in [6, 6.07) is 1.02. The second-order valence-electron chi connectivity index (χ2n) is 4.13. The average Bonchev–Trinajstić information content (AvgIpc) is 2.67. The van der Waals surface area contributed by atoms with E-state index in [0.29, 0.717) is 12.5 Å². The number of piperidine rings is 1. The van der Waals surface area contributed by atoms with Crippen LogP contribution in [0.5, 0.6) is 0 Å². The highest BCUT2D eigenvalue weighted by atomic mass is 19.4. The normalized spacial score (nSPS) is 22.3. The van der Waals surface area contributed by atoms with Crippen LogP contribution in [0.1, 0.15) is 18.5 Å². The fourth-order valence-electron chi connectivity index (χ4n) is 1.96. The van der Waals surface area contributed by atoms with E-state index < -0.39 is 11.9 Å². The van der Waals surface area contributed by atoms with Crippen LogP contribution in [0.15, 0.2) is 12.3 Å². The molecule has 0 saturated carbocycles. The molecule has 1 aromatic rings. The highest BCUT2D eigenvalue weighted by molar-refractivity contribution is 5.03. The molecule has 90 valence electrons. The molecule has 0 bridgehead atoms. The fourth-order valence-corrected chi connectivity index (χ4v) is 1.96. The van der Waals surface area contributed by atoms with Gasteiger partial charge in [0.1, 0.15) is 0 Å². The predicted octanol–water partition coefficient (Wildman–Crippen LogP) is 1.90. The van der Waals surface area contributed by atoms with Crippen molar-refractivity contribution in [2.24, 2.45) is 5.92 Å². The van der Waals surface area contributed by atoms with E-state index in [-0.39, 0.29) is 0 Å². The number of hydrogen-bond donors (Lipinski definition) is 1. The average molecular weight is 233 g/mol. The number of hydrogen-bond acceptors (Lipinski definition) is 2. The molecule has 16 heavy (non-hydrogen) atoms. The van der Waals surface area contributed by atoms with Crippen LogP contribution in [0, 0.1) is 5.92 Å². The lowest BCUT2D eigenvalue weighted by molar-refractivity contribution is -0.141. The summed E-state index contributed by atoms with van der Waals surface area (Å²) >= 11 is 0. The number of nitrogens with one attached hydrogen (secondary N) is 1. The topological polar surface area (TPSA) is 29.9 Å². The lowest BCUT2D eigenvalue weighted by Gasteiger charge is -2.22. The Morgan fingerprint density at radius 3 is 2.88 bits per heavy atom. The molecular formula is C10H14F3N3. The Kier molecular flexibility index (Phi) is 3.18. The summed E-state index contributed by atoms with van der Waals surface area (Å²) in [6.45, 7) is 2.42. The van der Waals surface area contributed by atoms with E-state index in [0.717, 1.165) is 32.0 Å². The van der Waals surface area contributed by atoms with Gasteiger partial charge in [-0.05, 0) is 37.9 Å². The molecule has 2 rings (SSSR count). The molecule has 1 saturated heterocycles. The maximum Gasteiger partial charge on any atom is 0.435 e. The van der Waals surface area contributed by atoms with Gasteiger partial charge in [0.15, 0.2) is 5.69 Å². The maximum absolute atomic E-state index is 12.3. The minimum atomic E-state index is -4.34. The summed E-state index contributed by atoms with van der Waals surface area (Å²) in [5, 5.41) is 6.77. The third-order valence-corrected chi connectivity index (χ3v) is 2.78. The van der Waals surface area contributed by atoms with Crippen molar-refractivity contribution in [1.29, 1.82) is 0 Å². The standard InChI is InChI=1S/C10H14F3N3/c11-10(12,13)9-3-5-16(15-9)7-8-2-1-4-14-6-8/h3,5,8,14H,1-2,4,6-7H2. The van der Waals surface area contributed by atoms with Gasteiger partial charge in [0.2, 0.25) is 0 Å². The van der Waals surface area contributed by atoms with Gasteiger partial charge in [0.25, 0.3) is 0 Å². The zero-order valence-electron chi connectivity index (χ0n) is 8.80. The van der Waals surface area contributed by atoms with Crippen LogP contribution >= 0.6 is 0 Å². The van der Waals surface area contributed by atoms with Gasteiger partial charge in [-0.2, -0.15) is 18.3 Å². The van der Waals surface area contributed by atoms with E-state index in [9.17, 15) is 13.2 Å². The molecule has 1 aromatic heterocycles. The first kappa shape index (κ1) is 11.4. The second kappa shape index (κ2) is 4.45. The summed E-state index contributed by atoms with van der Waals surface area (Å²) in [5.41, 5.74) is -0.809. The molecule has 1 N–H and O–H groups in total. The molecule has 1 atom stereocenters. The Bertz CT molecular complexity index is 339. The van der Waals surface area contributed by atoms with E-state index >= 15 is 0 Å². The lowest BCUT2D eigenvalue weighted by Crippen LogP contribution is -2.32. The number of alkyl halides is 3. The summed E-state index contributed by atoms with van der Waals surface area (Å²) in [7, 11) is 0. The SMILES string of the molecule is FC(F)(F)c1ccn(CC2CCCNC2)n1. The van der Waals surface area contributed by atoms with Crippen LogP contribution in [0.3, 0.4) is 0 Å². The highest BCUT2D eigenvalue weighted by Crippen LogP contribution is 2.27. The van der Waals surface area contributed by atoms with Crippen LogP contribution in [-0.2, 0) is 12.7 Å². The number of halogens is 3. The van der Waals surface area contributed by atoms with Crippen LogP contribution in [0.4, 0.5) is 13.2 Å². The van der Waals surface area contributed by atoms with E-state index in [1.165, 1.54) is 10.9 Å². The van der Waals surface area contributed by atoms with Gasteiger partial charge < -0.3 is 5.32 Å². The van der Waals surface area contributed by atoms with Crippen molar-refractivity contribution in [2.75, 3.05) is 13.1 Å². The zero-order valence-corrected chi connectivity index (χ0v) is 8.80. The van der Waals surface area contributed by atoms with Crippen molar-refractivity contribution >= 4 is 0 Å². The molecule has 6 heteroatoms. The zero-order chi connectivity index (χ0) is 11.6. The summed E-state index contributed by atoms with van der Waals surface area (Å²) in [4.78, 5) is 0. The molecule has 0 amide bonds. The van der Waals surface area contributed by atoms with Gasteiger partial charge >= 0.3 is 6.18 Å². The maximum atomic E-state index is 12.3. The fraction of sp³-hybridized carbons (Fsp3) is 0.700. The predicted molar refractivity (Wildman–Crippen MR) is 52.8 cm³/mol. The number of aromatic nitrogens is 2. The molecule has 1 aliphatic heterocycles. The quantitative estimate of drug-likeness (QED) is 0.845. The first-order chi connectivity index (χ1) is 7.55. The second-order valence-corrected chi connectivity index (χ2v) is 4.13. The summed E-state index contributed by atoms with van der Waals surface area (Å²) in [6.07, 6.45) is -0.806. The third-order valence-electron chi connectivity index (χ3n) is 2.78. The van der Waals surface area contributed by atoms with Gasteiger partial charge in [-0.15, -0.1) is 0 Å². The Balaban J connectivity index is 1.97. The van der Waals surface area contributed by atoms with E-state index in [2.05, 4.69) is 10.4 Å². The third kappa shape index (κ3) is 2.75. The Labute approximate surface area is 91.6 Å². The Morgan fingerprint density at radius 2 is 2.31 bits per heavy atom. The molecule has 0 aromatic carbocycles. The first-order valence-electron chi connectivity index (χ1n) is 5.37. The highest BCUT2D eigenvalue weighted by Gasteiger charge is 2.33. The minimum absolute atomic E-state index is 0.384. The van der Waals surface area contributed by atoms with E-state index in [1.54, 1.807) is 0 Å². The van der Waals surface area contributed by atoms with Gasteiger partial charge in [-0.25, -0.2) is 0 Å². The molecule has 1 fully saturated rings. The van der Waals surface area contributed by atoms with Crippen LogP contribution in [0.2, 0.25) is 0 Å². The number of nitrogens with zero attached hydrogens (tertiary/aromatic N) is 2.